The third kappa shape index (κ3) is 7.80. The summed E-state index contributed by atoms with van der Waals surface area (Å²) in [7, 11) is 1.67. The molecule has 0 saturated heterocycles. The van der Waals surface area contributed by atoms with E-state index in [4.69, 9.17) is 28.1 Å². The number of pyridine rings is 2. The van der Waals surface area contributed by atoms with Gasteiger partial charge in [0.25, 0.3) is 0 Å². The largest absolute Gasteiger partial charge is 0.453 e. The van der Waals surface area contributed by atoms with Crippen molar-refractivity contribution in [3.8, 4) is 34.4 Å². The Morgan fingerprint density at radius 3 is 2.73 bits per heavy atom. The van der Waals surface area contributed by atoms with E-state index in [1.54, 1.807) is 37.6 Å². The highest BCUT2D eigenvalue weighted by atomic mass is 32.1. The topological polar surface area (TPSA) is 97.4 Å². The molecule has 3 aromatic heterocycles. The van der Waals surface area contributed by atoms with Crippen LogP contribution in [-0.2, 0) is 22.5 Å². The van der Waals surface area contributed by atoms with E-state index in [1.165, 1.54) is 23.5 Å². The van der Waals surface area contributed by atoms with Crippen LogP contribution in [0.2, 0.25) is 0 Å². The first-order chi connectivity index (χ1) is 21.4. The number of ether oxygens (including phenoxy) is 2. The molecule has 222 valence electrons. The number of benzene rings is 2. The Balaban J connectivity index is 1.22. The monoisotopic (exact) mass is 625 g/mol. The van der Waals surface area contributed by atoms with E-state index in [0.717, 1.165) is 32.9 Å². The predicted molar refractivity (Wildman–Crippen MR) is 175 cm³/mol. The summed E-state index contributed by atoms with van der Waals surface area (Å²) in [5, 5.41) is 8.76. The second-order valence-corrected chi connectivity index (χ2v) is 11.0. The fourth-order valence-corrected chi connectivity index (χ4v) is 5.58. The van der Waals surface area contributed by atoms with E-state index < -0.39 is 5.82 Å². The molecule has 1 amide bonds. The number of amides is 1. The van der Waals surface area contributed by atoms with Crippen molar-refractivity contribution in [1.82, 2.24) is 20.6 Å². The molecule has 5 aromatic rings. The van der Waals surface area contributed by atoms with E-state index in [9.17, 15) is 4.79 Å². The number of rotatable bonds is 11. The maximum Gasteiger partial charge on any atom is 0.230 e. The number of anilines is 1. The van der Waals surface area contributed by atoms with Gasteiger partial charge in [0.15, 0.2) is 16.7 Å². The number of fused-ring (bicyclic) bond motifs is 1. The summed E-state index contributed by atoms with van der Waals surface area (Å²) in [4.78, 5) is 22.4. The lowest BCUT2D eigenvalue weighted by molar-refractivity contribution is -0.119. The first-order valence-electron chi connectivity index (χ1n) is 13.6. The molecule has 11 heteroatoms. The van der Waals surface area contributed by atoms with Gasteiger partial charge in [-0.2, -0.15) is 0 Å². The van der Waals surface area contributed by atoms with Gasteiger partial charge < -0.3 is 25.4 Å². The van der Waals surface area contributed by atoms with Gasteiger partial charge in [-0.3, -0.25) is 14.8 Å². The Kier molecular flexibility index (Phi) is 10.2. The quantitative estimate of drug-likeness (QED) is 0.0926. The Morgan fingerprint density at radius 2 is 1.95 bits per heavy atom. The van der Waals surface area contributed by atoms with Gasteiger partial charge in [0.2, 0.25) is 5.91 Å². The fourth-order valence-electron chi connectivity index (χ4n) is 4.30. The van der Waals surface area contributed by atoms with Crippen molar-refractivity contribution in [3.05, 3.63) is 102 Å². The summed E-state index contributed by atoms with van der Waals surface area (Å²) in [6.45, 7) is 2.11. The molecule has 44 heavy (non-hydrogen) atoms. The minimum atomic E-state index is -0.606. The molecule has 0 spiro atoms. The second-order valence-electron chi connectivity index (χ2n) is 9.58. The molecule has 0 aliphatic carbocycles. The van der Waals surface area contributed by atoms with Crippen molar-refractivity contribution in [2.24, 2.45) is 0 Å². The molecule has 0 unspecified atom stereocenters. The summed E-state index contributed by atoms with van der Waals surface area (Å²) in [5.41, 5.74) is 4.30. The van der Waals surface area contributed by atoms with Gasteiger partial charge >= 0.3 is 0 Å². The van der Waals surface area contributed by atoms with Crippen molar-refractivity contribution in [2.75, 3.05) is 25.6 Å². The molecule has 0 aliphatic heterocycles. The number of carbonyl (C=O) groups is 1. The molecule has 0 atom stereocenters. The lowest BCUT2D eigenvalue weighted by Gasteiger charge is -2.12. The van der Waals surface area contributed by atoms with E-state index in [2.05, 4.69) is 31.8 Å². The highest BCUT2D eigenvalue weighted by molar-refractivity contribution is 7.80. The second kappa shape index (κ2) is 14.6. The molecule has 0 saturated carbocycles. The minimum absolute atomic E-state index is 0.0299. The van der Waals surface area contributed by atoms with Crippen LogP contribution in [0.5, 0.6) is 11.5 Å². The van der Waals surface area contributed by atoms with Crippen molar-refractivity contribution in [3.63, 3.8) is 0 Å². The number of hydrogen-bond acceptors (Lipinski definition) is 8. The van der Waals surface area contributed by atoms with Gasteiger partial charge in [-0.15, -0.1) is 17.8 Å². The molecule has 2 aromatic carbocycles. The number of thiocarbonyl (C=S) groups is 1. The SMILES string of the molecule is C#Cc1ccccc1CC(=O)NC(=S)Nc1ccc(Oc2ccnc3cc(-c4ccc(CNCCOC)cn4)sc23)c(F)c1. The van der Waals surface area contributed by atoms with Gasteiger partial charge in [0.1, 0.15) is 5.75 Å². The van der Waals surface area contributed by atoms with Gasteiger partial charge in [-0.1, -0.05) is 30.2 Å². The summed E-state index contributed by atoms with van der Waals surface area (Å²) in [6.07, 6.45) is 9.02. The number of nitrogens with zero attached hydrogens (tertiary/aromatic N) is 2. The van der Waals surface area contributed by atoms with Crippen LogP contribution in [0.3, 0.4) is 0 Å². The van der Waals surface area contributed by atoms with E-state index in [1.807, 2.05) is 36.5 Å². The minimum Gasteiger partial charge on any atom is -0.453 e. The molecular formula is C33H28FN5O3S2. The molecule has 0 fully saturated rings. The lowest BCUT2D eigenvalue weighted by Crippen LogP contribution is -2.35. The number of methoxy groups -OCH3 is 1. The molecular weight excluding hydrogens is 598 g/mol. The Labute approximate surface area is 263 Å². The first kappa shape index (κ1) is 30.7. The van der Waals surface area contributed by atoms with Crippen molar-refractivity contribution in [1.29, 1.82) is 0 Å². The highest BCUT2D eigenvalue weighted by Crippen LogP contribution is 2.39. The molecule has 8 nitrogen and oxygen atoms in total. The first-order valence-corrected chi connectivity index (χ1v) is 14.8. The average molecular weight is 626 g/mol. The van der Waals surface area contributed by atoms with Gasteiger partial charge in [0.05, 0.1) is 33.8 Å². The molecule has 5 rings (SSSR count). The van der Waals surface area contributed by atoms with Gasteiger partial charge in [-0.05, 0) is 53.7 Å². The zero-order chi connectivity index (χ0) is 30.9. The highest BCUT2D eigenvalue weighted by Gasteiger charge is 2.15. The molecule has 0 bridgehead atoms. The number of aromatic nitrogens is 2. The lowest BCUT2D eigenvalue weighted by atomic mass is 10.1. The van der Waals surface area contributed by atoms with Crippen LogP contribution in [0, 0.1) is 18.2 Å². The van der Waals surface area contributed by atoms with Crippen molar-refractivity contribution >= 4 is 50.5 Å². The Hall–Kier alpha value is -4.73. The maximum absolute atomic E-state index is 15.1. The van der Waals surface area contributed by atoms with Crippen LogP contribution in [0.4, 0.5) is 10.1 Å². The zero-order valence-electron chi connectivity index (χ0n) is 23.7. The summed E-state index contributed by atoms with van der Waals surface area (Å²) in [6, 6.07) is 19.1. The van der Waals surface area contributed by atoms with Crippen LogP contribution in [-0.4, -0.2) is 41.2 Å². The van der Waals surface area contributed by atoms with E-state index in [0.29, 0.717) is 35.7 Å². The number of carbonyl (C=O) groups excluding carboxylic acids is 1. The average Bonchev–Trinajstić information content (AvgIpc) is 3.46. The Bertz CT molecular complexity index is 1840. The van der Waals surface area contributed by atoms with Crippen LogP contribution in [0.15, 0.2) is 79.1 Å². The fraction of sp³-hybridized carbons (Fsp3) is 0.152. The number of thiophene rings is 1. The standard InChI is InChI=1S/C33H28FN5O3S2/c1-3-22-6-4-5-7-23(22)16-31(40)39-33(43)38-24-9-11-28(25(34)17-24)42-29-12-13-36-27-18-30(44-32(27)29)26-10-8-21(20-37-26)19-35-14-15-41-2/h1,4-13,17-18,20,35H,14-16,19H2,2H3,(H2,38,39,40,43). The van der Waals surface area contributed by atoms with Gasteiger partial charge in [0, 0.05) is 56.0 Å². The van der Waals surface area contributed by atoms with Crippen LogP contribution in [0.25, 0.3) is 20.8 Å². The maximum atomic E-state index is 15.1. The van der Waals surface area contributed by atoms with Gasteiger partial charge in [-0.25, -0.2) is 4.39 Å². The number of terminal acetylenes is 1. The molecule has 3 N–H and O–H groups in total. The predicted octanol–water partition coefficient (Wildman–Crippen LogP) is 6.06. The normalized spacial score (nSPS) is 10.8. The van der Waals surface area contributed by atoms with Crippen LogP contribution in [0.1, 0.15) is 16.7 Å². The summed E-state index contributed by atoms with van der Waals surface area (Å²) in [5.74, 6) is 2.11. The summed E-state index contributed by atoms with van der Waals surface area (Å²) >= 11 is 6.71. The van der Waals surface area contributed by atoms with E-state index >= 15 is 4.39 Å². The zero-order valence-corrected chi connectivity index (χ0v) is 25.4. The van der Waals surface area contributed by atoms with Crippen LogP contribution >= 0.6 is 23.6 Å². The third-order valence-corrected chi connectivity index (χ3v) is 7.82. The third-order valence-electron chi connectivity index (χ3n) is 6.45. The number of hydrogen-bond donors (Lipinski definition) is 3. The van der Waals surface area contributed by atoms with Crippen LogP contribution < -0.4 is 20.7 Å². The smallest absolute Gasteiger partial charge is 0.230 e. The molecule has 0 radical (unpaired) electrons. The van der Waals surface area contributed by atoms with Crippen molar-refractivity contribution in [2.45, 2.75) is 13.0 Å². The Morgan fingerprint density at radius 1 is 1.09 bits per heavy atom. The van der Waals surface area contributed by atoms with E-state index in [-0.39, 0.29) is 23.2 Å². The number of nitrogens with one attached hydrogen (secondary N) is 3. The summed E-state index contributed by atoms with van der Waals surface area (Å²) < 4.78 is 26.9. The number of halogens is 1. The molecule has 0 aliphatic rings. The van der Waals surface area contributed by atoms with Crippen molar-refractivity contribution < 1.29 is 18.7 Å². The molecule has 3 heterocycles.